The van der Waals surface area contributed by atoms with Crippen LogP contribution in [0.4, 0.5) is 5.69 Å². The zero-order valence-corrected chi connectivity index (χ0v) is 13.7. The fourth-order valence-corrected chi connectivity index (χ4v) is 3.66. The molecule has 0 aliphatic heterocycles. The van der Waals surface area contributed by atoms with Crippen molar-refractivity contribution in [1.29, 1.82) is 0 Å². The summed E-state index contributed by atoms with van der Waals surface area (Å²) in [7, 11) is 0. The summed E-state index contributed by atoms with van der Waals surface area (Å²) in [5.74, 6) is 0. The second kappa shape index (κ2) is 6.57. The molecule has 1 nitrogen and oxygen atoms in total. The fraction of sp³-hybridized carbons (Fsp3) is 0.368. The van der Waals surface area contributed by atoms with Crippen LogP contribution in [-0.2, 0) is 12.8 Å². The molecule has 0 radical (unpaired) electrons. The molecular weight excluding hydrogens is 274 g/mol. The Balaban J connectivity index is 1.80. The van der Waals surface area contributed by atoms with Gasteiger partial charge in [0.2, 0.25) is 0 Å². The van der Waals surface area contributed by atoms with E-state index in [9.17, 15) is 0 Å². The molecule has 0 bridgehead atoms. The van der Waals surface area contributed by atoms with Crippen LogP contribution in [0.25, 0.3) is 0 Å². The molecule has 1 aliphatic carbocycles. The van der Waals surface area contributed by atoms with Crippen molar-refractivity contribution >= 4 is 17.4 Å². The molecule has 2 aromatic carbocycles. The van der Waals surface area contributed by atoms with Gasteiger partial charge in [-0.3, -0.25) is 0 Å². The lowest BCUT2D eigenvalue weighted by molar-refractivity contribution is 0.683. The number of aryl methyl sites for hydroxylation is 2. The van der Waals surface area contributed by atoms with Crippen LogP contribution >= 0.6 is 11.8 Å². The highest BCUT2D eigenvalue weighted by molar-refractivity contribution is 7.98. The summed E-state index contributed by atoms with van der Waals surface area (Å²) < 4.78 is 0. The highest BCUT2D eigenvalue weighted by atomic mass is 32.2. The van der Waals surface area contributed by atoms with E-state index in [1.807, 2.05) is 0 Å². The Bertz CT molecular complexity index is 621. The van der Waals surface area contributed by atoms with E-state index in [0.29, 0.717) is 6.04 Å². The Kier molecular flexibility index (Phi) is 4.54. The zero-order chi connectivity index (χ0) is 14.7. The summed E-state index contributed by atoms with van der Waals surface area (Å²) in [6, 6.07) is 15.9. The summed E-state index contributed by atoms with van der Waals surface area (Å²) in [5.41, 5.74) is 5.74. The van der Waals surface area contributed by atoms with Gasteiger partial charge in [0, 0.05) is 16.6 Å². The first kappa shape index (κ1) is 14.5. The lowest BCUT2D eigenvalue weighted by atomic mass is 9.89. The maximum Gasteiger partial charge on any atom is 0.0486 e. The lowest BCUT2D eigenvalue weighted by Crippen LogP contribution is -2.10. The number of thioether (sulfide) groups is 1. The quantitative estimate of drug-likeness (QED) is 0.752. The van der Waals surface area contributed by atoms with E-state index in [0.717, 1.165) is 0 Å². The van der Waals surface area contributed by atoms with Gasteiger partial charge in [-0.05, 0) is 67.7 Å². The molecule has 2 aromatic rings. The smallest absolute Gasteiger partial charge is 0.0486 e. The van der Waals surface area contributed by atoms with Gasteiger partial charge in [0.25, 0.3) is 0 Å². The molecule has 21 heavy (non-hydrogen) atoms. The van der Waals surface area contributed by atoms with E-state index in [1.165, 1.54) is 41.8 Å². The molecule has 0 amide bonds. The number of benzene rings is 2. The number of nitrogens with one attached hydrogen (secondary N) is 1. The summed E-state index contributed by atoms with van der Waals surface area (Å²) in [6.45, 7) is 2.25. The van der Waals surface area contributed by atoms with E-state index in [2.05, 4.69) is 61.0 Å². The second-order valence-electron chi connectivity index (χ2n) is 5.80. The van der Waals surface area contributed by atoms with Gasteiger partial charge in [0.15, 0.2) is 0 Å². The number of hydrogen-bond acceptors (Lipinski definition) is 2. The van der Waals surface area contributed by atoms with Gasteiger partial charge in [-0.2, -0.15) is 0 Å². The van der Waals surface area contributed by atoms with Crippen molar-refractivity contribution in [3.05, 3.63) is 59.2 Å². The van der Waals surface area contributed by atoms with Gasteiger partial charge >= 0.3 is 0 Å². The van der Waals surface area contributed by atoms with Crippen LogP contribution in [0.3, 0.4) is 0 Å². The number of anilines is 1. The van der Waals surface area contributed by atoms with Crippen LogP contribution in [0, 0.1) is 0 Å². The summed E-state index contributed by atoms with van der Waals surface area (Å²) in [5, 5.41) is 3.66. The van der Waals surface area contributed by atoms with Crippen LogP contribution < -0.4 is 5.32 Å². The Morgan fingerprint density at radius 3 is 2.57 bits per heavy atom. The molecule has 1 aliphatic rings. The van der Waals surface area contributed by atoms with Crippen molar-refractivity contribution in [2.75, 3.05) is 11.6 Å². The van der Waals surface area contributed by atoms with Crippen molar-refractivity contribution in [2.24, 2.45) is 0 Å². The largest absolute Gasteiger partial charge is 0.378 e. The lowest BCUT2D eigenvalue weighted by Gasteiger charge is -2.21. The minimum absolute atomic E-state index is 0.338. The molecule has 0 saturated carbocycles. The molecule has 1 atom stereocenters. The van der Waals surface area contributed by atoms with Gasteiger partial charge in [0.05, 0.1) is 0 Å². The first-order valence-corrected chi connectivity index (χ1v) is 9.01. The van der Waals surface area contributed by atoms with Crippen LogP contribution in [0.2, 0.25) is 0 Å². The first-order valence-electron chi connectivity index (χ1n) is 7.79. The molecule has 0 spiro atoms. The predicted molar refractivity (Wildman–Crippen MR) is 93.3 cm³/mol. The topological polar surface area (TPSA) is 12.0 Å². The van der Waals surface area contributed by atoms with Gasteiger partial charge in [-0.15, -0.1) is 11.8 Å². The Morgan fingerprint density at radius 2 is 1.76 bits per heavy atom. The van der Waals surface area contributed by atoms with Crippen LogP contribution in [0.1, 0.15) is 42.5 Å². The van der Waals surface area contributed by atoms with E-state index >= 15 is 0 Å². The molecule has 0 heterocycles. The SMILES string of the molecule is CSc1ccccc1NC(C)c1ccc2c(c1)CCCC2. The average Bonchev–Trinajstić information content (AvgIpc) is 2.55. The monoisotopic (exact) mass is 297 g/mol. The summed E-state index contributed by atoms with van der Waals surface area (Å²) in [4.78, 5) is 1.31. The van der Waals surface area contributed by atoms with Crippen molar-refractivity contribution in [3.8, 4) is 0 Å². The Hall–Kier alpha value is -1.41. The Morgan fingerprint density at radius 1 is 1.00 bits per heavy atom. The molecular formula is C19H23NS. The maximum absolute atomic E-state index is 3.66. The number of rotatable bonds is 4. The Labute approximate surface area is 132 Å². The number of fused-ring (bicyclic) bond motifs is 1. The first-order chi connectivity index (χ1) is 10.3. The van der Waals surface area contributed by atoms with Crippen LogP contribution in [-0.4, -0.2) is 6.26 Å². The highest BCUT2D eigenvalue weighted by Gasteiger charge is 2.13. The zero-order valence-electron chi connectivity index (χ0n) is 12.9. The van der Waals surface area contributed by atoms with Crippen molar-refractivity contribution in [3.63, 3.8) is 0 Å². The molecule has 1 unspecified atom stereocenters. The van der Waals surface area contributed by atoms with Gasteiger partial charge in [0.1, 0.15) is 0 Å². The second-order valence-corrected chi connectivity index (χ2v) is 6.65. The summed E-state index contributed by atoms with van der Waals surface area (Å²) >= 11 is 1.79. The molecule has 3 rings (SSSR count). The molecule has 0 fully saturated rings. The third-order valence-electron chi connectivity index (χ3n) is 4.35. The van der Waals surface area contributed by atoms with Gasteiger partial charge in [-0.1, -0.05) is 30.3 Å². The highest BCUT2D eigenvalue weighted by Crippen LogP contribution is 2.30. The third-order valence-corrected chi connectivity index (χ3v) is 5.15. The van der Waals surface area contributed by atoms with Crippen LogP contribution in [0.5, 0.6) is 0 Å². The van der Waals surface area contributed by atoms with E-state index < -0.39 is 0 Å². The molecule has 0 saturated heterocycles. The minimum atomic E-state index is 0.338. The third kappa shape index (κ3) is 3.26. The average molecular weight is 297 g/mol. The van der Waals surface area contributed by atoms with Crippen molar-refractivity contribution in [1.82, 2.24) is 0 Å². The minimum Gasteiger partial charge on any atom is -0.378 e. The normalized spacial score (nSPS) is 15.3. The number of para-hydroxylation sites is 1. The van der Waals surface area contributed by atoms with E-state index in [-0.39, 0.29) is 0 Å². The molecule has 0 aromatic heterocycles. The maximum atomic E-state index is 3.66. The summed E-state index contributed by atoms with van der Waals surface area (Å²) in [6.07, 6.45) is 7.32. The standard InChI is InChI=1S/C19H23NS/c1-14(20-18-9-5-6-10-19(18)21-2)16-12-11-15-7-3-4-8-17(15)13-16/h5-6,9-14,20H,3-4,7-8H2,1-2H3. The number of hydrogen-bond donors (Lipinski definition) is 1. The van der Waals surface area contributed by atoms with Crippen molar-refractivity contribution in [2.45, 2.75) is 43.5 Å². The predicted octanol–water partition coefficient (Wildman–Crippen LogP) is 5.46. The molecule has 1 N–H and O–H groups in total. The van der Waals surface area contributed by atoms with Gasteiger partial charge < -0.3 is 5.32 Å². The molecule has 110 valence electrons. The van der Waals surface area contributed by atoms with E-state index in [1.54, 1.807) is 22.9 Å². The molecule has 2 heteroatoms. The van der Waals surface area contributed by atoms with Gasteiger partial charge in [-0.25, -0.2) is 0 Å². The van der Waals surface area contributed by atoms with Crippen molar-refractivity contribution < 1.29 is 0 Å². The fourth-order valence-electron chi connectivity index (χ4n) is 3.10. The van der Waals surface area contributed by atoms with E-state index in [4.69, 9.17) is 0 Å². The van der Waals surface area contributed by atoms with Crippen LogP contribution in [0.15, 0.2) is 47.4 Å².